The van der Waals surface area contributed by atoms with E-state index in [2.05, 4.69) is 5.32 Å². The minimum absolute atomic E-state index is 0.0630. The van der Waals surface area contributed by atoms with Gasteiger partial charge in [0.15, 0.2) is 0 Å². The molecule has 1 aromatic rings. The zero-order valence-electron chi connectivity index (χ0n) is 10.3. The number of thiophene rings is 1. The molecule has 0 saturated heterocycles. The van der Waals surface area contributed by atoms with Crippen molar-refractivity contribution >= 4 is 23.3 Å². The van der Waals surface area contributed by atoms with Crippen LogP contribution in [0, 0.1) is 0 Å². The standard InChI is InChI=1S/C12H17NO4S/c1-2-17-12(16)5-6-13-8-10-4-3-9(18-10)7-11(14)15/h3-4,13H,2,5-8H2,1H3,(H,14,15). The SMILES string of the molecule is CCOC(=O)CCNCc1ccc(CC(=O)O)s1. The van der Waals surface area contributed by atoms with E-state index in [1.807, 2.05) is 12.1 Å². The van der Waals surface area contributed by atoms with Crippen molar-refractivity contribution in [3.63, 3.8) is 0 Å². The highest BCUT2D eigenvalue weighted by Crippen LogP contribution is 2.16. The molecule has 6 heteroatoms. The molecule has 0 aliphatic rings. The number of carbonyl (C=O) groups excluding carboxylic acids is 1. The molecule has 0 aliphatic heterocycles. The molecule has 1 heterocycles. The fourth-order valence-electron chi connectivity index (χ4n) is 1.40. The Bertz CT molecular complexity index is 403. The van der Waals surface area contributed by atoms with Gasteiger partial charge in [-0.25, -0.2) is 0 Å². The van der Waals surface area contributed by atoms with Gasteiger partial charge in [0.05, 0.1) is 19.4 Å². The van der Waals surface area contributed by atoms with Gasteiger partial charge >= 0.3 is 11.9 Å². The van der Waals surface area contributed by atoms with Crippen molar-refractivity contribution in [1.29, 1.82) is 0 Å². The zero-order chi connectivity index (χ0) is 13.4. The number of nitrogens with one attached hydrogen (secondary N) is 1. The van der Waals surface area contributed by atoms with E-state index in [0.717, 1.165) is 9.75 Å². The van der Waals surface area contributed by atoms with Gasteiger partial charge in [0.2, 0.25) is 0 Å². The predicted molar refractivity (Wildman–Crippen MR) is 68.6 cm³/mol. The maximum Gasteiger partial charge on any atom is 0.308 e. The molecule has 0 aliphatic carbocycles. The fraction of sp³-hybridized carbons (Fsp3) is 0.500. The lowest BCUT2D eigenvalue weighted by Gasteiger charge is -2.03. The minimum Gasteiger partial charge on any atom is -0.481 e. The molecule has 0 unspecified atom stereocenters. The summed E-state index contributed by atoms with van der Waals surface area (Å²) >= 11 is 1.47. The van der Waals surface area contributed by atoms with Crippen LogP contribution in [0.5, 0.6) is 0 Å². The second kappa shape index (κ2) is 7.84. The first kappa shape index (κ1) is 14.7. The topological polar surface area (TPSA) is 75.6 Å². The second-order valence-electron chi connectivity index (χ2n) is 3.67. The van der Waals surface area contributed by atoms with Gasteiger partial charge in [-0.3, -0.25) is 9.59 Å². The maximum absolute atomic E-state index is 11.1. The molecule has 5 nitrogen and oxygen atoms in total. The van der Waals surface area contributed by atoms with Crippen molar-refractivity contribution < 1.29 is 19.4 Å². The molecule has 0 saturated carbocycles. The molecule has 0 spiro atoms. The van der Waals surface area contributed by atoms with E-state index in [1.54, 1.807) is 6.92 Å². The number of ether oxygens (including phenoxy) is 1. The third-order valence-corrected chi connectivity index (χ3v) is 3.24. The van der Waals surface area contributed by atoms with Gasteiger partial charge in [0.1, 0.15) is 0 Å². The van der Waals surface area contributed by atoms with E-state index in [4.69, 9.17) is 9.84 Å². The van der Waals surface area contributed by atoms with E-state index in [9.17, 15) is 9.59 Å². The number of aliphatic carboxylic acids is 1. The molecule has 1 rings (SSSR count). The number of carboxylic acid groups (broad SMARTS) is 1. The molecule has 0 atom stereocenters. The number of rotatable bonds is 8. The average Bonchev–Trinajstić information content (AvgIpc) is 2.71. The number of carboxylic acids is 1. The first-order chi connectivity index (χ1) is 8.61. The van der Waals surface area contributed by atoms with Crippen LogP contribution in [0.4, 0.5) is 0 Å². The summed E-state index contributed by atoms with van der Waals surface area (Å²) in [6, 6.07) is 3.72. The summed E-state index contributed by atoms with van der Waals surface area (Å²) in [5, 5.41) is 11.8. The van der Waals surface area contributed by atoms with Gasteiger partial charge in [-0.1, -0.05) is 0 Å². The number of esters is 1. The van der Waals surface area contributed by atoms with Gasteiger partial charge in [-0.2, -0.15) is 0 Å². The average molecular weight is 271 g/mol. The van der Waals surface area contributed by atoms with Crippen LogP contribution in [0.15, 0.2) is 12.1 Å². The smallest absolute Gasteiger partial charge is 0.308 e. The summed E-state index contributed by atoms with van der Waals surface area (Å²) in [5.41, 5.74) is 0. The number of carbonyl (C=O) groups is 2. The van der Waals surface area contributed by atoms with E-state index in [1.165, 1.54) is 11.3 Å². The lowest BCUT2D eigenvalue weighted by Crippen LogP contribution is -2.18. The Hall–Kier alpha value is -1.40. The first-order valence-corrected chi connectivity index (χ1v) is 6.59. The largest absolute Gasteiger partial charge is 0.481 e. The highest BCUT2D eigenvalue weighted by Gasteiger charge is 2.05. The van der Waals surface area contributed by atoms with Crippen LogP contribution in [-0.4, -0.2) is 30.2 Å². The van der Waals surface area contributed by atoms with Crippen molar-refractivity contribution in [2.24, 2.45) is 0 Å². The van der Waals surface area contributed by atoms with Crippen molar-refractivity contribution in [2.45, 2.75) is 26.3 Å². The van der Waals surface area contributed by atoms with Crippen molar-refractivity contribution in [2.75, 3.05) is 13.2 Å². The Kier molecular flexibility index (Phi) is 6.38. The third kappa shape index (κ3) is 5.79. The van der Waals surface area contributed by atoms with Crippen LogP contribution in [0.1, 0.15) is 23.1 Å². The summed E-state index contributed by atoms with van der Waals surface area (Å²) < 4.78 is 4.80. The summed E-state index contributed by atoms with van der Waals surface area (Å²) in [6.45, 7) is 3.39. The van der Waals surface area contributed by atoms with Crippen molar-refractivity contribution in [3.8, 4) is 0 Å². The summed E-state index contributed by atoms with van der Waals surface area (Å²) in [6.07, 6.45) is 0.411. The molecule has 0 amide bonds. The Morgan fingerprint density at radius 3 is 2.78 bits per heavy atom. The third-order valence-electron chi connectivity index (χ3n) is 2.15. The van der Waals surface area contributed by atoms with Crippen LogP contribution < -0.4 is 5.32 Å². The highest BCUT2D eigenvalue weighted by molar-refractivity contribution is 7.12. The highest BCUT2D eigenvalue weighted by atomic mass is 32.1. The number of hydrogen-bond donors (Lipinski definition) is 2. The monoisotopic (exact) mass is 271 g/mol. The normalized spacial score (nSPS) is 10.3. The van der Waals surface area contributed by atoms with Crippen LogP contribution in [0.2, 0.25) is 0 Å². The lowest BCUT2D eigenvalue weighted by atomic mass is 10.3. The van der Waals surface area contributed by atoms with Crippen LogP contribution in [-0.2, 0) is 27.3 Å². The van der Waals surface area contributed by atoms with Gasteiger partial charge < -0.3 is 15.2 Å². The number of hydrogen-bond acceptors (Lipinski definition) is 5. The summed E-state index contributed by atoms with van der Waals surface area (Å²) in [5.74, 6) is -1.03. The van der Waals surface area contributed by atoms with E-state index in [0.29, 0.717) is 26.1 Å². The minimum atomic E-state index is -0.821. The Labute approximate surface area is 110 Å². The fourth-order valence-corrected chi connectivity index (χ4v) is 2.38. The van der Waals surface area contributed by atoms with Crippen molar-refractivity contribution in [3.05, 3.63) is 21.9 Å². The Morgan fingerprint density at radius 1 is 1.39 bits per heavy atom. The van der Waals surface area contributed by atoms with Crippen LogP contribution in [0.3, 0.4) is 0 Å². The molecule has 1 aromatic heterocycles. The van der Waals surface area contributed by atoms with Gasteiger partial charge in [0, 0.05) is 22.8 Å². The van der Waals surface area contributed by atoms with E-state index < -0.39 is 5.97 Å². The van der Waals surface area contributed by atoms with Crippen LogP contribution >= 0.6 is 11.3 Å². The molecule has 0 fully saturated rings. The van der Waals surface area contributed by atoms with Gasteiger partial charge in [-0.05, 0) is 19.1 Å². The zero-order valence-corrected chi connectivity index (χ0v) is 11.1. The van der Waals surface area contributed by atoms with E-state index in [-0.39, 0.29) is 12.4 Å². The quantitative estimate of drug-likeness (QED) is 0.552. The van der Waals surface area contributed by atoms with Gasteiger partial charge in [0.25, 0.3) is 0 Å². The molecule has 0 aromatic carbocycles. The summed E-state index contributed by atoms with van der Waals surface area (Å²) in [4.78, 5) is 23.5. The molecule has 18 heavy (non-hydrogen) atoms. The first-order valence-electron chi connectivity index (χ1n) is 5.77. The predicted octanol–water partition coefficient (Wildman–Crippen LogP) is 1.42. The Morgan fingerprint density at radius 2 is 2.11 bits per heavy atom. The molecular weight excluding hydrogens is 254 g/mol. The summed E-state index contributed by atoms with van der Waals surface area (Å²) in [7, 11) is 0. The Balaban J connectivity index is 2.21. The molecular formula is C12H17NO4S. The van der Waals surface area contributed by atoms with E-state index >= 15 is 0 Å². The maximum atomic E-state index is 11.1. The second-order valence-corrected chi connectivity index (χ2v) is 4.92. The molecule has 0 radical (unpaired) electrons. The molecule has 100 valence electrons. The van der Waals surface area contributed by atoms with Crippen molar-refractivity contribution in [1.82, 2.24) is 5.32 Å². The molecule has 2 N–H and O–H groups in total. The lowest BCUT2D eigenvalue weighted by molar-refractivity contribution is -0.143. The molecule has 0 bridgehead atoms. The van der Waals surface area contributed by atoms with Crippen LogP contribution in [0.25, 0.3) is 0 Å². The van der Waals surface area contributed by atoms with Gasteiger partial charge in [-0.15, -0.1) is 11.3 Å².